The van der Waals surface area contributed by atoms with Gasteiger partial charge in [0.05, 0.1) is 12.3 Å². The molecule has 2 heterocycles. The Morgan fingerprint density at radius 1 is 1.35 bits per heavy atom. The van der Waals surface area contributed by atoms with Crippen molar-refractivity contribution in [3.63, 3.8) is 0 Å². The number of rotatable bonds is 7. The second-order valence-corrected chi connectivity index (χ2v) is 5.37. The third kappa shape index (κ3) is 3.10. The molecule has 0 saturated heterocycles. The summed E-state index contributed by atoms with van der Waals surface area (Å²) in [7, 11) is 0. The normalized spacial score (nSPS) is 11.4. The lowest BCUT2D eigenvalue weighted by Gasteiger charge is -2.23. The van der Waals surface area contributed by atoms with Crippen molar-refractivity contribution in [3.05, 3.63) is 24.2 Å². The summed E-state index contributed by atoms with van der Waals surface area (Å²) in [5, 5.41) is 13.9. The SMILES string of the molecule is CCCCN(CCO)c1nccn2nc(C(C)C)cc12. The van der Waals surface area contributed by atoms with Crippen molar-refractivity contribution in [1.29, 1.82) is 0 Å². The average Bonchev–Trinajstić information content (AvgIpc) is 2.87. The lowest BCUT2D eigenvalue weighted by atomic mass is 10.1. The molecule has 0 fully saturated rings. The minimum absolute atomic E-state index is 0.137. The number of fused-ring (bicyclic) bond motifs is 1. The number of hydrogen-bond acceptors (Lipinski definition) is 4. The summed E-state index contributed by atoms with van der Waals surface area (Å²) in [4.78, 5) is 6.65. The molecule has 0 spiro atoms. The van der Waals surface area contributed by atoms with Crippen LogP contribution in [0.15, 0.2) is 18.5 Å². The summed E-state index contributed by atoms with van der Waals surface area (Å²) in [6.45, 7) is 8.09. The van der Waals surface area contributed by atoms with Crippen molar-refractivity contribution in [3.8, 4) is 0 Å². The number of aliphatic hydroxyl groups is 1. The molecule has 5 nitrogen and oxygen atoms in total. The Morgan fingerprint density at radius 2 is 2.15 bits per heavy atom. The summed E-state index contributed by atoms with van der Waals surface area (Å²) >= 11 is 0. The Hall–Kier alpha value is -1.62. The molecule has 0 amide bonds. The van der Waals surface area contributed by atoms with Crippen LogP contribution in [0.2, 0.25) is 0 Å². The van der Waals surface area contributed by atoms with Gasteiger partial charge in [-0.3, -0.25) is 0 Å². The van der Waals surface area contributed by atoms with Gasteiger partial charge < -0.3 is 10.0 Å². The van der Waals surface area contributed by atoms with Crippen LogP contribution in [0.3, 0.4) is 0 Å². The standard InChI is InChI=1S/C15H24N4O/c1-4-5-7-18(9-10-20)15-14-11-13(12(2)3)17-19(14)8-6-16-15/h6,8,11-12,20H,4-5,7,9-10H2,1-3H3. The molecule has 0 aliphatic carbocycles. The first-order chi connectivity index (χ1) is 9.67. The summed E-state index contributed by atoms with van der Waals surface area (Å²) in [6, 6.07) is 2.10. The van der Waals surface area contributed by atoms with Crippen LogP contribution in [0.1, 0.15) is 45.2 Å². The van der Waals surface area contributed by atoms with E-state index >= 15 is 0 Å². The van der Waals surface area contributed by atoms with Crippen LogP contribution in [0, 0.1) is 0 Å². The Labute approximate surface area is 120 Å². The van der Waals surface area contributed by atoms with Gasteiger partial charge in [0.15, 0.2) is 5.82 Å². The zero-order valence-corrected chi connectivity index (χ0v) is 12.6. The molecule has 0 aliphatic rings. The Morgan fingerprint density at radius 3 is 2.80 bits per heavy atom. The number of anilines is 1. The van der Waals surface area contributed by atoms with Crippen molar-refractivity contribution in [2.45, 2.75) is 39.5 Å². The smallest absolute Gasteiger partial charge is 0.154 e. The molecule has 1 N–H and O–H groups in total. The fourth-order valence-electron chi connectivity index (χ4n) is 2.25. The van der Waals surface area contributed by atoms with Crippen molar-refractivity contribution in [1.82, 2.24) is 14.6 Å². The van der Waals surface area contributed by atoms with E-state index in [-0.39, 0.29) is 6.61 Å². The Bertz CT molecular complexity index is 550. The third-order valence-corrected chi connectivity index (χ3v) is 3.43. The fraction of sp³-hybridized carbons (Fsp3) is 0.600. The van der Waals surface area contributed by atoms with Crippen LogP contribution in [-0.2, 0) is 0 Å². The highest BCUT2D eigenvalue weighted by molar-refractivity contribution is 5.69. The van der Waals surface area contributed by atoms with Crippen LogP contribution in [0.25, 0.3) is 5.52 Å². The van der Waals surface area contributed by atoms with E-state index in [0.29, 0.717) is 12.5 Å². The van der Waals surface area contributed by atoms with Gasteiger partial charge in [0, 0.05) is 25.5 Å². The molecule has 2 rings (SSSR count). The maximum absolute atomic E-state index is 9.27. The van der Waals surface area contributed by atoms with Gasteiger partial charge in [0.2, 0.25) is 0 Å². The summed E-state index contributed by atoms with van der Waals surface area (Å²) in [5.41, 5.74) is 2.08. The molecule has 0 aliphatic heterocycles. The molecule has 110 valence electrons. The highest BCUT2D eigenvalue weighted by Crippen LogP contribution is 2.23. The lowest BCUT2D eigenvalue weighted by Crippen LogP contribution is -2.29. The molecule has 0 saturated carbocycles. The van der Waals surface area contributed by atoms with Gasteiger partial charge in [-0.1, -0.05) is 27.2 Å². The molecular formula is C15H24N4O. The van der Waals surface area contributed by atoms with E-state index in [0.717, 1.165) is 36.4 Å². The summed E-state index contributed by atoms with van der Waals surface area (Å²) in [6.07, 6.45) is 5.87. The number of aliphatic hydroxyl groups excluding tert-OH is 1. The molecule has 0 aromatic carbocycles. The first-order valence-corrected chi connectivity index (χ1v) is 7.37. The molecule has 2 aromatic rings. The Kier molecular flexibility index (Phi) is 4.95. The van der Waals surface area contributed by atoms with E-state index in [4.69, 9.17) is 0 Å². The molecule has 2 aromatic heterocycles. The summed E-state index contributed by atoms with van der Waals surface area (Å²) < 4.78 is 1.88. The molecule has 0 unspecified atom stereocenters. The number of unbranched alkanes of at least 4 members (excludes halogenated alkanes) is 1. The van der Waals surface area contributed by atoms with Gasteiger partial charge in [0.1, 0.15) is 5.52 Å². The van der Waals surface area contributed by atoms with Crippen molar-refractivity contribution >= 4 is 11.3 Å². The minimum Gasteiger partial charge on any atom is -0.395 e. The van der Waals surface area contributed by atoms with Crippen LogP contribution in [0.5, 0.6) is 0 Å². The van der Waals surface area contributed by atoms with E-state index < -0.39 is 0 Å². The van der Waals surface area contributed by atoms with Crippen molar-refractivity contribution < 1.29 is 5.11 Å². The number of hydrogen-bond donors (Lipinski definition) is 1. The number of aromatic nitrogens is 3. The average molecular weight is 276 g/mol. The molecule has 5 heteroatoms. The molecule has 0 bridgehead atoms. The van der Waals surface area contributed by atoms with Gasteiger partial charge in [-0.05, 0) is 18.4 Å². The lowest BCUT2D eigenvalue weighted by molar-refractivity contribution is 0.301. The van der Waals surface area contributed by atoms with E-state index in [2.05, 4.69) is 41.8 Å². The monoisotopic (exact) mass is 276 g/mol. The van der Waals surface area contributed by atoms with E-state index in [1.165, 1.54) is 0 Å². The quantitative estimate of drug-likeness (QED) is 0.844. The van der Waals surface area contributed by atoms with Gasteiger partial charge in [-0.15, -0.1) is 0 Å². The highest BCUT2D eigenvalue weighted by atomic mass is 16.3. The first-order valence-electron chi connectivity index (χ1n) is 7.37. The van der Waals surface area contributed by atoms with Gasteiger partial charge in [-0.25, -0.2) is 9.50 Å². The van der Waals surface area contributed by atoms with Crippen LogP contribution >= 0.6 is 0 Å². The van der Waals surface area contributed by atoms with E-state index in [9.17, 15) is 5.11 Å². The zero-order valence-electron chi connectivity index (χ0n) is 12.6. The molecular weight excluding hydrogens is 252 g/mol. The van der Waals surface area contributed by atoms with Gasteiger partial charge in [0.25, 0.3) is 0 Å². The van der Waals surface area contributed by atoms with Gasteiger partial charge in [-0.2, -0.15) is 5.10 Å². The predicted octanol–water partition coefficient (Wildman–Crippen LogP) is 2.45. The second-order valence-electron chi connectivity index (χ2n) is 5.37. The summed E-state index contributed by atoms with van der Waals surface area (Å²) in [5.74, 6) is 1.30. The third-order valence-electron chi connectivity index (χ3n) is 3.43. The largest absolute Gasteiger partial charge is 0.395 e. The topological polar surface area (TPSA) is 53.7 Å². The molecule has 0 radical (unpaired) electrons. The van der Waals surface area contributed by atoms with Crippen LogP contribution in [0.4, 0.5) is 5.82 Å². The van der Waals surface area contributed by atoms with Crippen LogP contribution in [-0.4, -0.2) is 39.4 Å². The molecule has 0 atom stereocenters. The van der Waals surface area contributed by atoms with Crippen molar-refractivity contribution in [2.24, 2.45) is 0 Å². The zero-order chi connectivity index (χ0) is 14.5. The van der Waals surface area contributed by atoms with E-state index in [1.54, 1.807) is 6.20 Å². The predicted molar refractivity (Wildman–Crippen MR) is 81.3 cm³/mol. The van der Waals surface area contributed by atoms with Gasteiger partial charge >= 0.3 is 0 Å². The fourth-order valence-corrected chi connectivity index (χ4v) is 2.25. The van der Waals surface area contributed by atoms with Crippen molar-refractivity contribution in [2.75, 3.05) is 24.6 Å². The minimum atomic E-state index is 0.137. The maximum atomic E-state index is 9.27. The Balaban J connectivity index is 2.39. The highest BCUT2D eigenvalue weighted by Gasteiger charge is 2.14. The second kappa shape index (κ2) is 6.70. The van der Waals surface area contributed by atoms with Crippen LogP contribution < -0.4 is 4.90 Å². The first kappa shape index (κ1) is 14.8. The molecule has 20 heavy (non-hydrogen) atoms. The van der Waals surface area contributed by atoms with E-state index in [1.807, 2.05) is 10.7 Å². The maximum Gasteiger partial charge on any atom is 0.154 e. The number of nitrogens with zero attached hydrogens (tertiary/aromatic N) is 4.